The summed E-state index contributed by atoms with van der Waals surface area (Å²) in [6, 6.07) is 1.26. The minimum absolute atomic E-state index is 0.0526. The van der Waals surface area contributed by atoms with Gasteiger partial charge in [0.1, 0.15) is 11.3 Å². The quantitative estimate of drug-likeness (QED) is 0.680. The Labute approximate surface area is 125 Å². The van der Waals surface area contributed by atoms with E-state index in [2.05, 4.69) is 15.2 Å². The molecule has 1 rings (SSSR count). The van der Waals surface area contributed by atoms with E-state index in [0.29, 0.717) is 4.68 Å². The summed E-state index contributed by atoms with van der Waals surface area (Å²) in [5.41, 5.74) is -0.990. The molecule has 0 aliphatic carbocycles. The first-order valence-electron chi connectivity index (χ1n) is 6.25. The Balaban J connectivity index is 2.94. The molecule has 1 heterocycles. The van der Waals surface area contributed by atoms with Crippen LogP contribution in [-0.4, -0.2) is 34.6 Å². The molecule has 0 atom stereocenters. The first kappa shape index (κ1) is 17.6. The largest absolute Gasteiger partial charge is 0.464 e. The summed E-state index contributed by atoms with van der Waals surface area (Å²) < 4.78 is 34.8. The van der Waals surface area contributed by atoms with Crippen molar-refractivity contribution in [2.75, 3.05) is 7.11 Å². The summed E-state index contributed by atoms with van der Waals surface area (Å²) in [5.74, 6) is -0.863. The molecular weight excluding hydrogens is 300 g/mol. The number of alkyl carbamates (subject to hydrolysis) is 1. The zero-order chi connectivity index (χ0) is 16.9. The van der Waals surface area contributed by atoms with Gasteiger partial charge >= 0.3 is 18.6 Å². The molecule has 0 saturated heterocycles. The highest BCUT2D eigenvalue weighted by atomic mass is 19.3. The molecule has 0 spiro atoms. The molecular formula is C13H17F2N3O4. The maximum Gasteiger partial charge on any atom is 0.412 e. The highest BCUT2D eigenvalue weighted by Crippen LogP contribution is 2.12. The smallest absolute Gasteiger partial charge is 0.412 e. The zero-order valence-corrected chi connectivity index (χ0v) is 12.6. The van der Waals surface area contributed by atoms with Crippen molar-refractivity contribution in [3.05, 3.63) is 23.7 Å². The third-order valence-corrected chi connectivity index (χ3v) is 2.16. The average molecular weight is 317 g/mol. The lowest BCUT2D eigenvalue weighted by Crippen LogP contribution is -2.34. The lowest BCUT2D eigenvalue weighted by Gasteiger charge is -2.19. The molecule has 0 aromatic carbocycles. The van der Waals surface area contributed by atoms with Crippen LogP contribution >= 0.6 is 0 Å². The number of hydrogen-bond donors (Lipinski definition) is 1. The monoisotopic (exact) mass is 317 g/mol. The van der Waals surface area contributed by atoms with E-state index >= 15 is 0 Å². The number of nitrogens with one attached hydrogen (secondary N) is 1. The Bertz CT molecular complexity index is 576. The number of alkyl halides is 2. The number of carbonyl (C=O) groups is 2. The van der Waals surface area contributed by atoms with Crippen molar-refractivity contribution >= 4 is 18.1 Å². The van der Waals surface area contributed by atoms with Gasteiger partial charge in [-0.25, -0.2) is 14.3 Å². The second-order valence-electron chi connectivity index (χ2n) is 5.17. The Morgan fingerprint density at radius 3 is 2.50 bits per heavy atom. The first-order valence-corrected chi connectivity index (χ1v) is 6.25. The van der Waals surface area contributed by atoms with E-state index in [1.165, 1.54) is 6.07 Å². The fourth-order valence-corrected chi connectivity index (χ4v) is 1.36. The van der Waals surface area contributed by atoms with Crippen LogP contribution in [0.3, 0.4) is 0 Å². The van der Waals surface area contributed by atoms with Crippen molar-refractivity contribution in [2.24, 2.45) is 0 Å². The molecule has 9 heteroatoms. The number of amides is 1. The molecule has 0 radical (unpaired) electrons. The van der Waals surface area contributed by atoms with Gasteiger partial charge in [0.15, 0.2) is 0 Å². The first-order chi connectivity index (χ1) is 10.1. The van der Waals surface area contributed by atoms with E-state index in [9.17, 15) is 18.4 Å². The minimum Gasteiger partial charge on any atom is -0.464 e. The van der Waals surface area contributed by atoms with Crippen LogP contribution in [0.4, 0.5) is 13.6 Å². The van der Waals surface area contributed by atoms with Gasteiger partial charge in [-0.2, -0.15) is 13.9 Å². The molecule has 22 heavy (non-hydrogen) atoms. The number of methoxy groups -OCH3 is 1. The maximum absolute atomic E-state index is 12.4. The Morgan fingerprint density at radius 1 is 1.41 bits per heavy atom. The molecule has 1 aromatic rings. The van der Waals surface area contributed by atoms with Crippen LogP contribution in [0.25, 0.3) is 6.08 Å². The maximum atomic E-state index is 12.4. The number of halogens is 2. The number of hydrogen-bond acceptors (Lipinski definition) is 5. The molecule has 0 bridgehead atoms. The molecule has 1 aromatic heterocycles. The summed E-state index contributed by atoms with van der Waals surface area (Å²) >= 11 is 0. The molecule has 7 nitrogen and oxygen atoms in total. The number of aromatic nitrogens is 2. The van der Waals surface area contributed by atoms with Crippen LogP contribution in [0.1, 0.15) is 33.0 Å². The van der Waals surface area contributed by atoms with Crippen molar-refractivity contribution in [3.8, 4) is 0 Å². The molecule has 1 N–H and O–H groups in total. The van der Waals surface area contributed by atoms with Crippen molar-refractivity contribution in [3.63, 3.8) is 0 Å². The predicted octanol–water partition coefficient (Wildman–Crippen LogP) is 2.32. The van der Waals surface area contributed by atoms with Crippen LogP contribution in [0.2, 0.25) is 0 Å². The average Bonchev–Trinajstić information content (AvgIpc) is 2.83. The number of ether oxygens (including phenoxy) is 2. The number of carbonyl (C=O) groups excluding carboxylic acids is 2. The van der Waals surface area contributed by atoms with Crippen LogP contribution in [-0.2, 0) is 14.3 Å². The van der Waals surface area contributed by atoms with Gasteiger partial charge in [-0.05, 0) is 32.9 Å². The third-order valence-electron chi connectivity index (χ3n) is 2.16. The molecule has 122 valence electrons. The molecule has 0 fully saturated rings. The highest BCUT2D eigenvalue weighted by Gasteiger charge is 2.20. The van der Waals surface area contributed by atoms with Crippen LogP contribution in [0.5, 0.6) is 0 Å². The molecule has 0 aliphatic heterocycles. The van der Waals surface area contributed by atoms with Crippen LogP contribution < -0.4 is 5.32 Å². The van der Waals surface area contributed by atoms with Crippen LogP contribution in [0, 0.1) is 0 Å². The Kier molecular flexibility index (Phi) is 5.61. The van der Waals surface area contributed by atoms with Gasteiger partial charge in [0.05, 0.1) is 12.8 Å². The van der Waals surface area contributed by atoms with Gasteiger partial charge in [0.25, 0.3) is 0 Å². The number of esters is 1. The predicted molar refractivity (Wildman–Crippen MR) is 72.8 cm³/mol. The van der Waals surface area contributed by atoms with E-state index in [0.717, 1.165) is 19.4 Å². The number of nitrogens with zero attached hydrogens (tertiary/aromatic N) is 2. The lowest BCUT2D eigenvalue weighted by molar-refractivity contribution is -0.136. The van der Waals surface area contributed by atoms with Crippen molar-refractivity contribution in [2.45, 2.75) is 32.9 Å². The SMILES string of the molecule is COC(=O)/C(=C/c1ccn(C(F)F)n1)NC(=O)OC(C)(C)C. The van der Waals surface area contributed by atoms with Crippen molar-refractivity contribution in [1.82, 2.24) is 15.1 Å². The lowest BCUT2D eigenvalue weighted by atomic mass is 10.2. The summed E-state index contributed by atoms with van der Waals surface area (Å²) in [4.78, 5) is 23.3. The van der Waals surface area contributed by atoms with E-state index < -0.39 is 24.2 Å². The molecule has 0 unspecified atom stereocenters. The molecule has 0 aliphatic rings. The summed E-state index contributed by atoms with van der Waals surface area (Å²) in [6.07, 6.45) is 1.27. The van der Waals surface area contributed by atoms with Gasteiger partial charge in [-0.15, -0.1) is 0 Å². The van der Waals surface area contributed by atoms with Gasteiger partial charge in [-0.1, -0.05) is 0 Å². The topological polar surface area (TPSA) is 82.5 Å². The zero-order valence-electron chi connectivity index (χ0n) is 12.6. The summed E-state index contributed by atoms with van der Waals surface area (Å²) in [7, 11) is 1.12. The van der Waals surface area contributed by atoms with E-state index in [1.807, 2.05) is 0 Å². The normalized spacial score (nSPS) is 12.2. The van der Waals surface area contributed by atoms with Gasteiger partial charge in [0, 0.05) is 6.20 Å². The van der Waals surface area contributed by atoms with E-state index in [1.54, 1.807) is 20.8 Å². The Morgan fingerprint density at radius 2 is 2.05 bits per heavy atom. The van der Waals surface area contributed by atoms with Crippen molar-refractivity contribution in [1.29, 1.82) is 0 Å². The second kappa shape index (κ2) is 7.01. The fraction of sp³-hybridized carbons (Fsp3) is 0.462. The fourth-order valence-electron chi connectivity index (χ4n) is 1.36. The van der Waals surface area contributed by atoms with Gasteiger partial charge < -0.3 is 9.47 Å². The van der Waals surface area contributed by atoms with E-state index in [-0.39, 0.29) is 11.4 Å². The molecule has 0 saturated carbocycles. The standard InChI is InChI=1S/C13H17F2N3O4/c1-13(2,3)22-12(20)16-9(10(19)21-4)7-8-5-6-18(17-8)11(14)15/h5-7,11H,1-4H3,(H,16,20)/b9-7-. The second-order valence-corrected chi connectivity index (χ2v) is 5.17. The van der Waals surface area contributed by atoms with Gasteiger partial charge in [0.2, 0.25) is 0 Å². The minimum atomic E-state index is -2.80. The van der Waals surface area contributed by atoms with Crippen molar-refractivity contribution < 1.29 is 27.8 Å². The van der Waals surface area contributed by atoms with Crippen LogP contribution in [0.15, 0.2) is 18.0 Å². The highest BCUT2D eigenvalue weighted by molar-refractivity contribution is 5.96. The van der Waals surface area contributed by atoms with E-state index in [4.69, 9.17) is 4.74 Å². The number of rotatable bonds is 4. The van der Waals surface area contributed by atoms with Gasteiger partial charge in [-0.3, -0.25) is 5.32 Å². The summed E-state index contributed by atoms with van der Waals surface area (Å²) in [5, 5.41) is 5.74. The molecule has 1 amide bonds. The Hall–Kier alpha value is -2.45. The summed E-state index contributed by atoms with van der Waals surface area (Å²) in [6.45, 7) is 2.15. The third kappa shape index (κ3) is 5.51.